The summed E-state index contributed by atoms with van der Waals surface area (Å²) in [5.74, 6) is 0.917. The molecule has 0 radical (unpaired) electrons. The number of rotatable bonds is 4. The normalized spacial score (nSPS) is 12.3. The van der Waals surface area contributed by atoms with E-state index >= 15 is 0 Å². The lowest BCUT2D eigenvalue weighted by Gasteiger charge is -2.26. The van der Waals surface area contributed by atoms with Crippen molar-refractivity contribution in [2.24, 2.45) is 5.73 Å². The van der Waals surface area contributed by atoms with Crippen molar-refractivity contribution in [3.8, 4) is 5.75 Å². The summed E-state index contributed by atoms with van der Waals surface area (Å²) in [6.45, 7) is 8.97. The Morgan fingerprint density at radius 3 is 2.61 bits per heavy atom. The van der Waals surface area contributed by atoms with E-state index in [-0.39, 0.29) is 11.6 Å². The van der Waals surface area contributed by atoms with Gasteiger partial charge in [-0.1, -0.05) is 0 Å². The first kappa shape index (κ1) is 13.0. The van der Waals surface area contributed by atoms with Gasteiger partial charge in [0.1, 0.15) is 5.75 Å². The Morgan fingerprint density at radius 1 is 1.28 bits per heavy atom. The van der Waals surface area contributed by atoms with Gasteiger partial charge in [-0.25, -0.2) is 0 Å². The van der Waals surface area contributed by atoms with Gasteiger partial charge in [-0.05, 0) is 52.0 Å². The minimum absolute atomic E-state index is 0.0673. The summed E-state index contributed by atoms with van der Waals surface area (Å²) in [5, 5.41) is 1.19. The lowest BCUT2D eigenvalue weighted by Crippen LogP contribution is -2.34. The number of aromatic nitrogens is 1. The molecule has 0 aliphatic heterocycles. The second kappa shape index (κ2) is 4.65. The number of hydrogen-bond acceptors (Lipinski definition) is 2. The van der Waals surface area contributed by atoms with Gasteiger partial charge in [0.15, 0.2) is 0 Å². The van der Waals surface area contributed by atoms with Gasteiger partial charge >= 0.3 is 0 Å². The fraction of sp³-hybridized carbons (Fsp3) is 0.467. The molecule has 2 rings (SSSR count). The van der Waals surface area contributed by atoms with Crippen molar-refractivity contribution < 1.29 is 4.74 Å². The minimum atomic E-state index is -0.0673. The molecule has 1 heterocycles. The molecular formula is C15H22N2O. The average Bonchev–Trinajstić information content (AvgIpc) is 2.71. The van der Waals surface area contributed by atoms with Crippen LogP contribution in [0.25, 0.3) is 10.9 Å². The molecule has 98 valence electrons. The van der Waals surface area contributed by atoms with Crippen LogP contribution in [0, 0.1) is 0 Å². The Kier molecular flexibility index (Phi) is 3.35. The highest BCUT2D eigenvalue weighted by molar-refractivity contribution is 5.82. The Bertz CT molecular complexity index is 540. The zero-order chi connectivity index (χ0) is 13.3. The van der Waals surface area contributed by atoms with Crippen molar-refractivity contribution in [3.63, 3.8) is 0 Å². The van der Waals surface area contributed by atoms with Gasteiger partial charge in [0.05, 0.1) is 11.6 Å². The van der Waals surface area contributed by atoms with Crippen LogP contribution in [0.2, 0.25) is 0 Å². The first-order valence-corrected chi connectivity index (χ1v) is 6.42. The van der Waals surface area contributed by atoms with Crippen LogP contribution in [-0.2, 0) is 5.54 Å². The van der Waals surface area contributed by atoms with E-state index in [1.165, 1.54) is 10.9 Å². The SMILES string of the molecule is CC(C)Oc1ccc2c(ccn2C(C)(C)CN)c1. The monoisotopic (exact) mass is 246 g/mol. The molecule has 0 unspecified atom stereocenters. The lowest BCUT2D eigenvalue weighted by molar-refractivity contribution is 0.242. The summed E-state index contributed by atoms with van der Waals surface area (Å²) in [4.78, 5) is 0. The van der Waals surface area contributed by atoms with Crippen molar-refractivity contribution >= 4 is 10.9 Å². The summed E-state index contributed by atoms with van der Waals surface area (Å²) in [5.41, 5.74) is 6.97. The smallest absolute Gasteiger partial charge is 0.120 e. The van der Waals surface area contributed by atoms with E-state index in [0.717, 1.165) is 5.75 Å². The molecule has 0 aliphatic rings. The second-order valence-corrected chi connectivity index (χ2v) is 5.59. The molecule has 0 saturated heterocycles. The molecule has 18 heavy (non-hydrogen) atoms. The zero-order valence-electron chi connectivity index (χ0n) is 11.6. The Hall–Kier alpha value is -1.48. The number of ether oxygens (including phenoxy) is 1. The third-order valence-corrected chi connectivity index (χ3v) is 3.19. The van der Waals surface area contributed by atoms with Crippen LogP contribution in [0.5, 0.6) is 5.75 Å². The Balaban J connectivity index is 2.44. The van der Waals surface area contributed by atoms with Gasteiger partial charge in [0.25, 0.3) is 0 Å². The summed E-state index contributed by atoms with van der Waals surface area (Å²) in [6, 6.07) is 8.31. The summed E-state index contributed by atoms with van der Waals surface area (Å²) < 4.78 is 7.93. The van der Waals surface area contributed by atoms with E-state index < -0.39 is 0 Å². The predicted octanol–water partition coefficient (Wildman–Crippen LogP) is 3.12. The number of hydrogen-bond donors (Lipinski definition) is 1. The molecule has 3 heteroatoms. The van der Waals surface area contributed by atoms with Gasteiger partial charge in [0, 0.05) is 23.6 Å². The van der Waals surface area contributed by atoms with E-state index in [0.29, 0.717) is 6.54 Å². The van der Waals surface area contributed by atoms with Gasteiger partial charge in [0.2, 0.25) is 0 Å². The van der Waals surface area contributed by atoms with Crippen LogP contribution < -0.4 is 10.5 Å². The molecule has 2 aromatic rings. The van der Waals surface area contributed by atoms with E-state index in [9.17, 15) is 0 Å². The second-order valence-electron chi connectivity index (χ2n) is 5.59. The molecule has 0 spiro atoms. The standard InChI is InChI=1S/C15H22N2O/c1-11(2)18-13-5-6-14-12(9-13)7-8-17(14)15(3,4)10-16/h5-9,11H,10,16H2,1-4H3. The summed E-state index contributed by atoms with van der Waals surface area (Å²) >= 11 is 0. The highest BCUT2D eigenvalue weighted by atomic mass is 16.5. The van der Waals surface area contributed by atoms with Crippen molar-refractivity contribution in [2.45, 2.75) is 39.3 Å². The van der Waals surface area contributed by atoms with Crippen LogP contribution in [-0.4, -0.2) is 17.2 Å². The fourth-order valence-electron chi connectivity index (χ4n) is 2.09. The largest absolute Gasteiger partial charge is 0.491 e. The van der Waals surface area contributed by atoms with Gasteiger partial charge in [-0.3, -0.25) is 0 Å². The van der Waals surface area contributed by atoms with Crippen LogP contribution in [0.4, 0.5) is 0 Å². The number of nitrogens with two attached hydrogens (primary N) is 1. The van der Waals surface area contributed by atoms with Crippen LogP contribution in [0.15, 0.2) is 30.5 Å². The molecule has 2 N–H and O–H groups in total. The van der Waals surface area contributed by atoms with Gasteiger partial charge in [-0.15, -0.1) is 0 Å². The summed E-state index contributed by atoms with van der Waals surface area (Å²) in [6.07, 6.45) is 2.29. The number of fused-ring (bicyclic) bond motifs is 1. The molecule has 3 nitrogen and oxygen atoms in total. The van der Waals surface area contributed by atoms with Crippen LogP contribution >= 0.6 is 0 Å². The van der Waals surface area contributed by atoms with Crippen molar-refractivity contribution in [3.05, 3.63) is 30.5 Å². The third-order valence-electron chi connectivity index (χ3n) is 3.19. The van der Waals surface area contributed by atoms with E-state index in [1.807, 2.05) is 19.9 Å². The molecule has 1 aromatic carbocycles. The molecule has 0 bridgehead atoms. The maximum Gasteiger partial charge on any atom is 0.120 e. The maximum absolute atomic E-state index is 5.84. The van der Waals surface area contributed by atoms with E-state index in [2.05, 4.69) is 42.8 Å². The van der Waals surface area contributed by atoms with E-state index in [1.54, 1.807) is 0 Å². The number of nitrogens with zero attached hydrogens (tertiary/aromatic N) is 1. The molecular weight excluding hydrogens is 224 g/mol. The first-order valence-electron chi connectivity index (χ1n) is 6.42. The average molecular weight is 246 g/mol. The fourth-order valence-corrected chi connectivity index (χ4v) is 2.09. The highest BCUT2D eigenvalue weighted by Gasteiger charge is 2.19. The molecule has 0 atom stereocenters. The van der Waals surface area contributed by atoms with Crippen LogP contribution in [0.1, 0.15) is 27.7 Å². The topological polar surface area (TPSA) is 40.2 Å². The number of benzene rings is 1. The zero-order valence-corrected chi connectivity index (χ0v) is 11.6. The lowest BCUT2D eigenvalue weighted by atomic mass is 10.1. The van der Waals surface area contributed by atoms with Crippen molar-refractivity contribution in [2.75, 3.05) is 6.54 Å². The van der Waals surface area contributed by atoms with E-state index in [4.69, 9.17) is 10.5 Å². The third kappa shape index (κ3) is 2.36. The Labute approximate surface area is 109 Å². The van der Waals surface area contributed by atoms with Gasteiger partial charge in [-0.2, -0.15) is 0 Å². The molecule has 0 saturated carbocycles. The highest BCUT2D eigenvalue weighted by Crippen LogP contribution is 2.27. The molecule has 0 amide bonds. The molecule has 1 aromatic heterocycles. The first-order chi connectivity index (χ1) is 8.44. The van der Waals surface area contributed by atoms with Gasteiger partial charge < -0.3 is 15.0 Å². The quantitative estimate of drug-likeness (QED) is 0.900. The minimum Gasteiger partial charge on any atom is -0.491 e. The van der Waals surface area contributed by atoms with Crippen molar-refractivity contribution in [1.29, 1.82) is 0 Å². The maximum atomic E-state index is 5.84. The predicted molar refractivity (Wildman–Crippen MR) is 76.1 cm³/mol. The Morgan fingerprint density at radius 2 is 2.00 bits per heavy atom. The molecule has 0 fully saturated rings. The van der Waals surface area contributed by atoms with Crippen LogP contribution in [0.3, 0.4) is 0 Å². The van der Waals surface area contributed by atoms with Crippen molar-refractivity contribution in [1.82, 2.24) is 4.57 Å². The molecule has 0 aliphatic carbocycles. The summed E-state index contributed by atoms with van der Waals surface area (Å²) in [7, 11) is 0.